The monoisotopic (exact) mass is 213 g/mol. The molecule has 3 rings (SSSR count). The average Bonchev–Trinajstić information content (AvgIpc) is 2.66. The third-order valence-corrected chi connectivity index (χ3v) is 2.55. The van der Waals surface area contributed by atoms with Crippen molar-refractivity contribution in [1.29, 1.82) is 0 Å². The zero-order valence-corrected chi connectivity index (χ0v) is 8.29. The molecule has 0 aliphatic rings. The van der Waals surface area contributed by atoms with Gasteiger partial charge in [0.05, 0.1) is 0 Å². The summed E-state index contributed by atoms with van der Waals surface area (Å²) in [5.74, 6) is 0. The van der Waals surface area contributed by atoms with E-state index in [2.05, 4.69) is 4.98 Å². The number of pyridine rings is 1. The maximum atomic E-state index is 9.08. The van der Waals surface area contributed by atoms with Crippen molar-refractivity contribution < 1.29 is 14.5 Å². The van der Waals surface area contributed by atoms with Gasteiger partial charge < -0.3 is 14.5 Å². The molecule has 0 aliphatic heterocycles. The van der Waals surface area contributed by atoms with Crippen molar-refractivity contribution in [3.05, 3.63) is 36.5 Å². The molecule has 0 bridgehead atoms. The molecule has 0 amide bonds. The van der Waals surface area contributed by atoms with Crippen LogP contribution in [-0.2, 0) is 0 Å². The van der Waals surface area contributed by atoms with Gasteiger partial charge >= 0.3 is 7.12 Å². The Bertz CT molecular complexity index is 662. The van der Waals surface area contributed by atoms with Gasteiger partial charge in [0, 0.05) is 22.4 Å². The molecular formula is C11H8BNO3. The van der Waals surface area contributed by atoms with Gasteiger partial charge in [0.2, 0.25) is 5.71 Å². The lowest BCUT2D eigenvalue weighted by atomic mass is 9.81. The second-order valence-electron chi connectivity index (χ2n) is 3.59. The number of rotatable bonds is 1. The summed E-state index contributed by atoms with van der Waals surface area (Å²) in [7, 11) is -1.51. The Hall–Kier alpha value is -1.85. The molecule has 0 unspecified atom stereocenters. The van der Waals surface area contributed by atoms with E-state index in [1.54, 1.807) is 6.07 Å². The highest BCUT2D eigenvalue weighted by Crippen LogP contribution is 2.25. The molecule has 78 valence electrons. The van der Waals surface area contributed by atoms with Crippen LogP contribution in [0.1, 0.15) is 0 Å². The number of para-hydroxylation sites is 1. The van der Waals surface area contributed by atoms with E-state index in [0.29, 0.717) is 11.2 Å². The summed E-state index contributed by atoms with van der Waals surface area (Å²) in [5, 5.41) is 19.9. The van der Waals surface area contributed by atoms with E-state index < -0.39 is 7.12 Å². The molecule has 2 aromatic heterocycles. The Morgan fingerprint density at radius 2 is 1.94 bits per heavy atom. The predicted molar refractivity (Wildman–Crippen MR) is 61.3 cm³/mol. The molecule has 0 saturated heterocycles. The third kappa shape index (κ3) is 1.30. The highest BCUT2D eigenvalue weighted by molar-refractivity contribution is 6.58. The van der Waals surface area contributed by atoms with Gasteiger partial charge in [0.15, 0.2) is 0 Å². The van der Waals surface area contributed by atoms with Gasteiger partial charge in [0.1, 0.15) is 5.58 Å². The second kappa shape index (κ2) is 3.33. The molecule has 0 atom stereocenters. The van der Waals surface area contributed by atoms with Crippen LogP contribution < -0.4 is 5.46 Å². The molecule has 4 nitrogen and oxygen atoms in total. The maximum absolute atomic E-state index is 9.08. The van der Waals surface area contributed by atoms with Crippen molar-refractivity contribution in [2.75, 3.05) is 0 Å². The molecule has 16 heavy (non-hydrogen) atoms. The largest absolute Gasteiger partial charge is 0.490 e. The highest BCUT2D eigenvalue weighted by Gasteiger charge is 2.14. The first kappa shape index (κ1) is 9.39. The van der Waals surface area contributed by atoms with Crippen LogP contribution in [-0.4, -0.2) is 22.2 Å². The number of hydrogen-bond acceptors (Lipinski definition) is 4. The zero-order chi connectivity index (χ0) is 11.1. The summed E-state index contributed by atoms with van der Waals surface area (Å²) < 4.78 is 5.51. The minimum absolute atomic E-state index is 0.360. The van der Waals surface area contributed by atoms with E-state index in [-0.39, 0.29) is 0 Å². The Morgan fingerprint density at radius 3 is 2.75 bits per heavy atom. The van der Waals surface area contributed by atoms with E-state index >= 15 is 0 Å². The number of furan rings is 1. The molecular weight excluding hydrogens is 205 g/mol. The van der Waals surface area contributed by atoms with Crippen LogP contribution in [0.3, 0.4) is 0 Å². The summed E-state index contributed by atoms with van der Waals surface area (Å²) in [6, 6.07) is 9.23. The SMILES string of the molecule is OB(O)c1cnc2oc3ccccc3c2c1. The molecule has 3 aromatic rings. The number of fused-ring (bicyclic) bond motifs is 3. The van der Waals surface area contributed by atoms with Crippen LogP contribution in [0.25, 0.3) is 22.1 Å². The van der Waals surface area contributed by atoms with Gasteiger partial charge in [0.25, 0.3) is 0 Å². The van der Waals surface area contributed by atoms with Crippen molar-refractivity contribution in [2.45, 2.75) is 0 Å². The Labute approximate surface area is 91.3 Å². The van der Waals surface area contributed by atoms with Crippen LogP contribution in [0.5, 0.6) is 0 Å². The summed E-state index contributed by atoms with van der Waals surface area (Å²) in [5.41, 5.74) is 1.61. The number of aromatic nitrogens is 1. The first-order chi connectivity index (χ1) is 7.75. The van der Waals surface area contributed by atoms with E-state index in [4.69, 9.17) is 14.5 Å². The summed E-state index contributed by atoms with van der Waals surface area (Å²) in [6.07, 6.45) is 1.40. The lowest BCUT2D eigenvalue weighted by Crippen LogP contribution is -2.29. The van der Waals surface area contributed by atoms with Crippen molar-refractivity contribution in [3.8, 4) is 0 Å². The normalized spacial score (nSPS) is 11.1. The molecule has 5 heteroatoms. The van der Waals surface area contributed by atoms with Gasteiger partial charge in [-0.2, -0.15) is 0 Å². The van der Waals surface area contributed by atoms with E-state index in [0.717, 1.165) is 16.4 Å². The lowest BCUT2D eigenvalue weighted by molar-refractivity contribution is 0.425. The Morgan fingerprint density at radius 1 is 1.12 bits per heavy atom. The van der Waals surface area contributed by atoms with Crippen LogP contribution >= 0.6 is 0 Å². The average molecular weight is 213 g/mol. The standard InChI is InChI=1S/C11H8BNO3/c14-12(15)7-5-9-8-3-1-2-4-10(8)16-11(9)13-6-7/h1-6,14-15H. The molecule has 0 aliphatic carbocycles. The van der Waals surface area contributed by atoms with Crippen LogP contribution in [0.2, 0.25) is 0 Å². The number of benzene rings is 1. The van der Waals surface area contributed by atoms with Crippen molar-refractivity contribution in [1.82, 2.24) is 4.98 Å². The molecule has 0 spiro atoms. The fraction of sp³-hybridized carbons (Fsp3) is 0. The lowest BCUT2D eigenvalue weighted by Gasteiger charge is -1.96. The fourth-order valence-corrected chi connectivity index (χ4v) is 1.77. The maximum Gasteiger partial charge on any atom is 0.490 e. The zero-order valence-electron chi connectivity index (χ0n) is 8.29. The Kier molecular flexibility index (Phi) is 1.95. The quantitative estimate of drug-likeness (QED) is 0.582. The summed E-state index contributed by atoms with van der Waals surface area (Å²) >= 11 is 0. The highest BCUT2D eigenvalue weighted by atomic mass is 16.4. The van der Waals surface area contributed by atoms with Crippen molar-refractivity contribution in [2.24, 2.45) is 0 Å². The van der Waals surface area contributed by atoms with Gasteiger partial charge in [-0.3, -0.25) is 0 Å². The van der Waals surface area contributed by atoms with Crippen molar-refractivity contribution in [3.63, 3.8) is 0 Å². The molecule has 2 heterocycles. The molecule has 1 aromatic carbocycles. The second-order valence-corrected chi connectivity index (χ2v) is 3.59. The van der Waals surface area contributed by atoms with Gasteiger partial charge in [-0.25, -0.2) is 4.98 Å². The Balaban J connectivity index is 2.40. The number of nitrogens with zero attached hydrogens (tertiary/aromatic N) is 1. The fourth-order valence-electron chi connectivity index (χ4n) is 1.77. The molecule has 0 saturated carbocycles. The van der Waals surface area contributed by atoms with Gasteiger partial charge in [-0.15, -0.1) is 0 Å². The summed E-state index contributed by atoms with van der Waals surface area (Å²) in [4.78, 5) is 4.05. The van der Waals surface area contributed by atoms with Gasteiger partial charge in [-0.05, 0) is 12.1 Å². The smallest absolute Gasteiger partial charge is 0.438 e. The van der Waals surface area contributed by atoms with Crippen LogP contribution in [0.15, 0.2) is 40.9 Å². The van der Waals surface area contributed by atoms with Gasteiger partial charge in [-0.1, -0.05) is 18.2 Å². The minimum atomic E-state index is -1.51. The van der Waals surface area contributed by atoms with E-state index in [1.807, 2.05) is 24.3 Å². The topological polar surface area (TPSA) is 66.5 Å². The molecule has 0 fully saturated rings. The predicted octanol–water partition coefficient (Wildman–Crippen LogP) is 0.661. The molecule has 0 radical (unpaired) electrons. The van der Waals surface area contributed by atoms with Crippen LogP contribution in [0.4, 0.5) is 0 Å². The van der Waals surface area contributed by atoms with E-state index in [9.17, 15) is 0 Å². The molecule has 2 N–H and O–H groups in total. The van der Waals surface area contributed by atoms with E-state index in [1.165, 1.54) is 6.20 Å². The minimum Gasteiger partial charge on any atom is -0.438 e. The number of hydrogen-bond donors (Lipinski definition) is 2. The van der Waals surface area contributed by atoms with Crippen LogP contribution in [0, 0.1) is 0 Å². The summed E-state index contributed by atoms with van der Waals surface area (Å²) in [6.45, 7) is 0. The third-order valence-electron chi connectivity index (χ3n) is 2.55. The first-order valence-electron chi connectivity index (χ1n) is 4.89. The van der Waals surface area contributed by atoms with Crippen molar-refractivity contribution >= 4 is 34.7 Å². The first-order valence-corrected chi connectivity index (χ1v) is 4.89.